The van der Waals surface area contributed by atoms with Gasteiger partial charge in [0.15, 0.2) is 0 Å². The van der Waals surface area contributed by atoms with Crippen LogP contribution < -0.4 is 14.8 Å². The fraction of sp³-hybridized carbons (Fsp3) is 0.333. The monoisotopic (exact) mass is 274 g/mol. The second kappa shape index (κ2) is 7.85. The highest BCUT2D eigenvalue weighted by atomic mass is 16.5. The van der Waals surface area contributed by atoms with Gasteiger partial charge in [0.25, 0.3) is 0 Å². The molecule has 0 fully saturated rings. The topological polar surface area (TPSA) is 71.3 Å². The number of hydrogen-bond acceptors (Lipinski definition) is 4. The number of benzene rings is 1. The van der Waals surface area contributed by atoms with Crippen LogP contribution in [0.2, 0.25) is 0 Å². The second-order valence-electron chi connectivity index (χ2n) is 4.25. The third-order valence-corrected chi connectivity index (χ3v) is 2.60. The molecule has 0 heterocycles. The van der Waals surface area contributed by atoms with Crippen LogP contribution in [0, 0.1) is 17.2 Å². The Hall–Kier alpha value is -2.48. The van der Waals surface area contributed by atoms with Gasteiger partial charge in [-0.2, -0.15) is 5.26 Å². The Balaban J connectivity index is 2.70. The van der Waals surface area contributed by atoms with Gasteiger partial charge >= 0.3 is 0 Å². The molecule has 1 rings (SSSR count). The van der Waals surface area contributed by atoms with Crippen molar-refractivity contribution in [2.75, 3.05) is 20.8 Å². The van der Waals surface area contributed by atoms with E-state index in [1.54, 1.807) is 45.4 Å². The van der Waals surface area contributed by atoms with Gasteiger partial charge in [-0.3, -0.25) is 4.79 Å². The van der Waals surface area contributed by atoms with Gasteiger partial charge in [-0.05, 0) is 30.7 Å². The SMILES string of the molecule is COc1cc(/C=C\C(=O)NC[C@H](C)C#N)cc(OC)c1. The van der Waals surface area contributed by atoms with E-state index < -0.39 is 0 Å². The number of nitriles is 1. The Bertz CT molecular complexity index is 510. The summed E-state index contributed by atoms with van der Waals surface area (Å²) in [5, 5.41) is 11.3. The molecule has 106 valence electrons. The number of amides is 1. The Morgan fingerprint density at radius 3 is 2.45 bits per heavy atom. The normalized spacial score (nSPS) is 11.7. The Labute approximate surface area is 118 Å². The number of hydrogen-bond donors (Lipinski definition) is 1. The van der Waals surface area contributed by atoms with Gasteiger partial charge in [0, 0.05) is 18.7 Å². The molecule has 0 aliphatic heterocycles. The standard InChI is InChI=1S/C15H18N2O3/c1-11(9-16)10-17-15(18)5-4-12-6-13(19-2)8-14(7-12)20-3/h4-8,11H,10H2,1-3H3,(H,17,18)/b5-4-/t11-/m1/s1. The second-order valence-corrected chi connectivity index (χ2v) is 4.25. The van der Waals surface area contributed by atoms with Crippen LogP contribution >= 0.6 is 0 Å². The lowest BCUT2D eigenvalue weighted by Crippen LogP contribution is -2.25. The van der Waals surface area contributed by atoms with Crippen molar-refractivity contribution in [1.29, 1.82) is 5.26 Å². The van der Waals surface area contributed by atoms with E-state index in [4.69, 9.17) is 14.7 Å². The maximum Gasteiger partial charge on any atom is 0.244 e. The predicted octanol–water partition coefficient (Wildman–Crippen LogP) is 1.99. The summed E-state index contributed by atoms with van der Waals surface area (Å²) in [6.45, 7) is 2.08. The van der Waals surface area contributed by atoms with Crippen molar-refractivity contribution >= 4 is 12.0 Å². The number of nitrogens with one attached hydrogen (secondary N) is 1. The van der Waals surface area contributed by atoms with Gasteiger partial charge in [-0.15, -0.1) is 0 Å². The average Bonchev–Trinajstić information content (AvgIpc) is 2.49. The van der Waals surface area contributed by atoms with E-state index in [1.807, 2.05) is 0 Å². The highest BCUT2D eigenvalue weighted by Gasteiger charge is 2.02. The smallest absolute Gasteiger partial charge is 0.244 e. The number of carbonyl (C=O) groups excluding carboxylic acids is 1. The van der Waals surface area contributed by atoms with Crippen molar-refractivity contribution in [2.24, 2.45) is 5.92 Å². The zero-order chi connectivity index (χ0) is 15.0. The number of ether oxygens (including phenoxy) is 2. The van der Waals surface area contributed by atoms with E-state index in [2.05, 4.69) is 11.4 Å². The van der Waals surface area contributed by atoms with Crippen molar-refractivity contribution in [3.8, 4) is 17.6 Å². The minimum Gasteiger partial charge on any atom is -0.497 e. The molecule has 0 aromatic heterocycles. The lowest BCUT2D eigenvalue weighted by molar-refractivity contribution is -0.116. The summed E-state index contributed by atoms with van der Waals surface area (Å²) in [6, 6.07) is 7.40. The summed E-state index contributed by atoms with van der Waals surface area (Å²) in [7, 11) is 3.14. The minimum absolute atomic E-state index is 0.204. The predicted molar refractivity (Wildman–Crippen MR) is 76.4 cm³/mol. The highest BCUT2D eigenvalue weighted by molar-refractivity contribution is 5.91. The molecule has 0 saturated carbocycles. The number of methoxy groups -OCH3 is 2. The molecule has 0 bridgehead atoms. The summed E-state index contributed by atoms with van der Waals surface area (Å²) in [5.74, 6) is 0.864. The third kappa shape index (κ3) is 5.02. The van der Waals surface area contributed by atoms with Crippen LogP contribution in [0.5, 0.6) is 11.5 Å². The number of carbonyl (C=O) groups is 1. The van der Waals surface area contributed by atoms with Gasteiger partial charge in [0.2, 0.25) is 5.91 Å². The van der Waals surface area contributed by atoms with E-state index in [0.717, 1.165) is 5.56 Å². The minimum atomic E-state index is -0.242. The third-order valence-electron chi connectivity index (χ3n) is 2.60. The van der Waals surface area contributed by atoms with Crippen molar-refractivity contribution in [3.05, 3.63) is 29.8 Å². The van der Waals surface area contributed by atoms with Crippen LogP contribution in [-0.4, -0.2) is 26.7 Å². The molecule has 5 heteroatoms. The van der Waals surface area contributed by atoms with Crippen molar-refractivity contribution in [2.45, 2.75) is 6.92 Å². The summed E-state index contributed by atoms with van der Waals surface area (Å²) in [5.41, 5.74) is 0.796. The molecule has 5 nitrogen and oxygen atoms in total. The zero-order valence-electron chi connectivity index (χ0n) is 11.8. The molecule has 20 heavy (non-hydrogen) atoms. The van der Waals surface area contributed by atoms with Crippen LogP contribution in [0.15, 0.2) is 24.3 Å². The molecule has 1 N–H and O–H groups in total. The first-order chi connectivity index (χ1) is 9.58. The molecular weight excluding hydrogens is 256 g/mol. The first-order valence-corrected chi connectivity index (χ1v) is 6.17. The quantitative estimate of drug-likeness (QED) is 0.805. The van der Waals surface area contributed by atoms with Gasteiger partial charge < -0.3 is 14.8 Å². The van der Waals surface area contributed by atoms with Gasteiger partial charge in [0.1, 0.15) is 11.5 Å². The van der Waals surface area contributed by atoms with Crippen LogP contribution in [-0.2, 0) is 4.79 Å². The Morgan fingerprint density at radius 1 is 1.35 bits per heavy atom. The number of rotatable bonds is 6. The van der Waals surface area contributed by atoms with E-state index in [-0.39, 0.29) is 11.8 Å². The lowest BCUT2D eigenvalue weighted by Gasteiger charge is -2.06. The van der Waals surface area contributed by atoms with E-state index in [0.29, 0.717) is 18.0 Å². The first-order valence-electron chi connectivity index (χ1n) is 6.17. The highest BCUT2D eigenvalue weighted by Crippen LogP contribution is 2.23. The maximum absolute atomic E-state index is 11.6. The van der Waals surface area contributed by atoms with E-state index >= 15 is 0 Å². The van der Waals surface area contributed by atoms with Gasteiger partial charge in [-0.1, -0.05) is 0 Å². The van der Waals surface area contributed by atoms with E-state index in [1.165, 1.54) is 6.08 Å². The molecule has 1 aromatic rings. The summed E-state index contributed by atoms with van der Waals surface area (Å²) in [4.78, 5) is 11.6. The molecule has 0 aliphatic rings. The molecule has 1 atom stereocenters. The Morgan fingerprint density at radius 2 is 1.95 bits per heavy atom. The van der Waals surface area contributed by atoms with Crippen LogP contribution in [0.3, 0.4) is 0 Å². The molecule has 0 aliphatic carbocycles. The van der Waals surface area contributed by atoms with Crippen LogP contribution in [0.1, 0.15) is 12.5 Å². The first kappa shape index (κ1) is 15.6. The van der Waals surface area contributed by atoms with Crippen molar-refractivity contribution in [1.82, 2.24) is 5.32 Å². The molecule has 0 spiro atoms. The summed E-state index contributed by atoms with van der Waals surface area (Å²) in [6.07, 6.45) is 3.08. The largest absolute Gasteiger partial charge is 0.497 e. The number of nitrogens with zero attached hydrogens (tertiary/aromatic N) is 1. The molecule has 0 radical (unpaired) electrons. The fourth-order valence-corrected chi connectivity index (χ4v) is 1.46. The molecule has 1 amide bonds. The maximum atomic E-state index is 11.6. The van der Waals surface area contributed by atoms with Crippen molar-refractivity contribution in [3.63, 3.8) is 0 Å². The Kier molecular flexibility index (Phi) is 6.11. The van der Waals surface area contributed by atoms with Crippen LogP contribution in [0.4, 0.5) is 0 Å². The average molecular weight is 274 g/mol. The molecular formula is C15H18N2O3. The summed E-state index contributed by atoms with van der Waals surface area (Å²) >= 11 is 0. The summed E-state index contributed by atoms with van der Waals surface area (Å²) < 4.78 is 10.3. The van der Waals surface area contributed by atoms with Gasteiger partial charge in [0.05, 0.1) is 26.2 Å². The van der Waals surface area contributed by atoms with E-state index in [9.17, 15) is 4.79 Å². The molecule has 0 unspecified atom stereocenters. The fourth-order valence-electron chi connectivity index (χ4n) is 1.46. The van der Waals surface area contributed by atoms with Crippen molar-refractivity contribution < 1.29 is 14.3 Å². The molecule has 0 saturated heterocycles. The van der Waals surface area contributed by atoms with Gasteiger partial charge in [-0.25, -0.2) is 0 Å². The lowest BCUT2D eigenvalue weighted by atomic mass is 10.2. The molecule has 1 aromatic carbocycles. The van der Waals surface area contributed by atoms with Crippen LogP contribution in [0.25, 0.3) is 6.08 Å². The zero-order valence-corrected chi connectivity index (χ0v) is 11.8.